The predicted molar refractivity (Wildman–Crippen MR) is 97.6 cm³/mol. The molecule has 140 valence electrons. The van der Waals surface area contributed by atoms with E-state index < -0.39 is 18.2 Å². The fourth-order valence-electron chi connectivity index (χ4n) is 2.28. The number of carbonyl (C=O) groups is 2. The molecule has 0 fully saturated rings. The monoisotopic (exact) mass is 369 g/mol. The third-order valence-corrected chi connectivity index (χ3v) is 3.68. The van der Waals surface area contributed by atoms with E-state index in [0.29, 0.717) is 17.0 Å². The molecule has 1 N–H and O–H groups in total. The molecule has 1 unspecified atom stereocenters. The molecule has 0 saturated carbocycles. The van der Waals surface area contributed by atoms with Gasteiger partial charge in [-0.3, -0.25) is 10.2 Å². The summed E-state index contributed by atoms with van der Waals surface area (Å²) in [5, 5.41) is 12.0. The Morgan fingerprint density at radius 3 is 2.48 bits per heavy atom. The quantitative estimate of drug-likeness (QED) is 0.865. The number of hydrogen-bond acceptors (Lipinski definition) is 6. The summed E-state index contributed by atoms with van der Waals surface area (Å²) in [6.07, 6.45) is -1.36. The van der Waals surface area contributed by atoms with Crippen molar-refractivity contribution in [2.75, 3.05) is 26.6 Å². The van der Waals surface area contributed by atoms with Gasteiger partial charge in [0.25, 0.3) is 0 Å². The highest BCUT2D eigenvalue weighted by atomic mass is 16.6. The highest BCUT2D eigenvalue weighted by Crippen LogP contribution is 2.24. The number of benzene rings is 2. The first-order valence-corrected chi connectivity index (χ1v) is 7.91. The lowest BCUT2D eigenvalue weighted by atomic mass is 10.1. The van der Waals surface area contributed by atoms with E-state index in [0.717, 1.165) is 0 Å². The molecule has 2 amide bonds. The summed E-state index contributed by atoms with van der Waals surface area (Å²) in [5.74, 6) is 0.791. The normalized spacial score (nSPS) is 10.9. The van der Waals surface area contributed by atoms with Crippen molar-refractivity contribution in [2.45, 2.75) is 6.04 Å². The molecule has 0 aliphatic heterocycles. The number of methoxy groups -OCH3 is 2. The second kappa shape index (κ2) is 9.10. The summed E-state index contributed by atoms with van der Waals surface area (Å²) in [6.45, 7) is 0. The number of rotatable bonds is 5. The van der Waals surface area contributed by atoms with Crippen LogP contribution in [0.25, 0.3) is 0 Å². The van der Waals surface area contributed by atoms with Gasteiger partial charge in [-0.1, -0.05) is 18.2 Å². The van der Waals surface area contributed by atoms with Crippen molar-refractivity contribution in [3.63, 3.8) is 0 Å². The minimum Gasteiger partial charge on any atom is -0.497 e. The zero-order chi connectivity index (χ0) is 19.8. The number of amides is 2. The largest absolute Gasteiger partial charge is 0.497 e. The van der Waals surface area contributed by atoms with Gasteiger partial charge in [0.05, 0.1) is 20.3 Å². The Balaban J connectivity index is 2.13. The Labute approximate surface area is 156 Å². The van der Waals surface area contributed by atoms with Gasteiger partial charge in [-0.2, -0.15) is 5.26 Å². The number of nitrogens with one attached hydrogen (secondary N) is 1. The van der Waals surface area contributed by atoms with E-state index in [1.54, 1.807) is 42.5 Å². The molecule has 2 aromatic rings. The average Bonchev–Trinajstić information content (AvgIpc) is 2.68. The standard InChI is InChI=1S/C19H19N3O5/c1-22(17(12-20)13-6-4-8-15(10-13)25-2)19(24)27-16-9-5-7-14(11-16)21-18(23)26-3/h4-11,17H,1-3H3,(H,21,23). The molecule has 2 rings (SSSR count). The third-order valence-electron chi connectivity index (χ3n) is 3.68. The third kappa shape index (κ3) is 5.12. The first-order valence-electron chi connectivity index (χ1n) is 7.91. The Morgan fingerprint density at radius 1 is 1.11 bits per heavy atom. The van der Waals surface area contributed by atoms with E-state index in [9.17, 15) is 14.9 Å². The van der Waals surface area contributed by atoms with E-state index in [-0.39, 0.29) is 5.75 Å². The van der Waals surface area contributed by atoms with Gasteiger partial charge >= 0.3 is 12.2 Å². The topological polar surface area (TPSA) is 101 Å². The van der Waals surface area contributed by atoms with E-state index in [2.05, 4.69) is 16.1 Å². The Hall–Kier alpha value is -3.73. The number of nitrogens with zero attached hydrogens (tertiary/aromatic N) is 2. The molecule has 8 heteroatoms. The summed E-state index contributed by atoms with van der Waals surface area (Å²) in [5.41, 5.74) is 0.997. The van der Waals surface area contributed by atoms with Gasteiger partial charge in [0, 0.05) is 18.8 Å². The van der Waals surface area contributed by atoms with Crippen LogP contribution in [-0.2, 0) is 4.74 Å². The molecule has 0 spiro atoms. The SMILES string of the molecule is COC(=O)Nc1cccc(OC(=O)N(C)C(C#N)c2cccc(OC)c2)c1. The van der Waals surface area contributed by atoms with Crippen LogP contribution in [0.4, 0.5) is 15.3 Å². The summed E-state index contributed by atoms with van der Waals surface area (Å²) in [7, 11) is 4.23. The molecular formula is C19H19N3O5. The van der Waals surface area contributed by atoms with Crippen LogP contribution in [0.2, 0.25) is 0 Å². The minimum atomic E-state index is -0.857. The van der Waals surface area contributed by atoms with Crippen molar-refractivity contribution in [3.05, 3.63) is 54.1 Å². The zero-order valence-electron chi connectivity index (χ0n) is 15.1. The van der Waals surface area contributed by atoms with E-state index in [4.69, 9.17) is 9.47 Å². The highest BCUT2D eigenvalue weighted by Gasteiger charge is 2.23. The van der Waals surface area contributed by atoms with Gasteiger partial charge in [0.1, 0.15) is 17.5 Å². The van der Waals surface area contributed by atoms with Crippen LogP contribution in [0.3, 0.4) is 0 Å². The van der Waals surface area contributed by atoms with E-state index in [1.165, 1.54) is 32.2 Å². The number of ether oxygens (including phenoxy) is 3. The summed E-state index contributed by atoms with van der Waals surface area (Å²) < 4.78 is 15.0. The molecule has 0 aliphatic rings. The van der Waals surface area contributed by atoms with Gasteiger partial charge in [-0.25, -0.2) is 9.59 Å². The molecule has 0 saturated heterocycles. The molecule has 8 nitrogen and oxygen atoms in total. The Morgan fingerprint density at radius 2 is 1.81 bits per heavy atom. The second-order valence-corrected chi connectivity index (χ2v) is 5.43. The molecule has 27 heavy (non-hydrogen) atoms. The minimum absolute atomic E-state index is 0.211. The number of carbonyl (C=O) groups excluding carboxylic acids is 2. The van der Waals surface area contributed by atoms with Crippen LogP contribution in [0.1, 0.15) is 11.6 Å². The summed E-state index contributed by atoms with van der Waals surface area (Å²) in [6, 6.07) is 14.4. The van der Waals surface area contributed by atoms with Crippen LogP contribution in [-0.4, -0.2) is 38.4 Å². The molecule has 0 heterocycles. The van der Waals surface area contributed by atoms with Crippen LogP contribution >= 0.6 is 0 Å². The van der Waals surface area contributed by atoms with Crippen molar-refractivity contribution in [2.24, 2.45) is 0 Å². The lowest BCUT2D eigenvalue weighted by Crippen LogP contribution is -2.33. The molecule has 1 atom stereocenters. The highest BCUT2D eigenvalue weighted by molar-refractivity contribution is 5.85. The number of hydrogen-bond donors (Lipinski definition) is 1. The lowest BCUT2D eigenvalue weighted by molar-refractivity contribution is 0.155. The van der Waals surface area contributed by atoms with Gasteiger partial charge in [0.2, 0.25) is 0 Å². The van der Waals surface area contributed by atoms with Gasteiger partial charge in [-0.15, -0.1) is 0 Å². The van der Waals surface area contributed by atoms with Gasteiger partial charge in [-0.05, 0) is 29.8 Å². The smallest absolute Gasteiger partial charge is 0.416 e. The van der Waals surface area contributed by atoms with Gasteiger partial charge < -0.3 is 14.2 Å². The number of nitriles is 1. The Kier molecular flexibility index (Phi) is 6.61. The van der Waals surface area contributed by atoms with Crippen LogP contribution < -0.4 is 14.8 Å². The fraction of sp³-hybridized carbons (Fsp3) is 0.211. The summed E-state index contributed by atoms with van der Waals surface area (Å²) in [4.78, 5) is 24.9. The lowest BCUT2D eigenvalue weighted by Gasteiger charge is -2.22. The van der Waals surface area contributed by atoms with Crippen molar-refractivity contribution in [3.8, 4) is 17.6 Å². The molecule has 0 bridgehead atoms. The maximum absolute atomic E-state index is 12.4. The van der Waals surface area contributed by atoms with Crippen molar-refractivity contribution in [1.82, 2.24) is 4.90 Å². The number of anilines is 1. The predicted octanol–water partition coefficient (Wildman–Crippen LogP) is 3.57. The van der Waals surface area contributed by atoms with E-state index >= 15 is 0 Å². The zero-order valence-corrected chi connectivity index (χ0v) is 15.1. The fourth-order valence-corrected chi connectivity index (χ4v) is 2.28. The maximum Gasteiger partial charge on any atom is 0.416 e. The Bertz CT molecular complexity index is 862. The maximum atomic E-state index is 12.4. The first kappa shape index (κ1) is 19.6. The average molecular weight is 369 g/mol. The summed E-state index contributed by atoms with van der Waals surface area (Å²) >= 11 is 0. The van der Waals surface area contributed by atoms with Crippen LogP contribution in [0, 0.1) is 11.3 Å². The van der Waals surface area contributed by atoms with Crippen molar-refractivity contribution < 1.29 is 23.8 Å². The van der Waals surface area contributed by atoms with E-state index in [1.807, 2.05) is 0 Å². The van der Waals surface area contributed by atoms with Crippen molar-refractivity contribution >= 4 is 17.9 Å². The van der Waals surface area contributed by atoms with Gasteiger partial charge in [0.15, 0.2) is 0 Å². The molecule has 0 radical (unpaired) electrons. The molecule has 0 aromatic heterocycles. The van der Waals surface area contributed by atoms with Crippen LogP contribution in [0.5, 0.6) is 11.5 Å². The van der Waals surface area contributed by atoms with Crippen molar-refractivity contribution in [1.29, 1.82) is 5.26 Å². The molecular weight excluding hydrogens is 350 g/mol. The second-order valence-electron chi connectivity index (χ2n) is 5.43. The molecule has 0 aliphatic carbocycles. The molecule has 2 aromatic carbocycles. The first-order chi connectivity index (χ1) is 13.0. The van der Waals surface area contributed by atoms with Crippen LogP contribution in [0.15, 0.2) is 48.5 Å².